The first kappa shape index (κ1) is 15.9. The molecule has 0 aliphatic heterocycles. The summed E-state index contributed by atoms with van der Waals surface area (Å²) in [6, 6.07) is 11.5. The van der Waals surface area contributed by atoms with Gasteiger partial charge in [0.1, 0.15) is 0 Å². The van der Waals surface area contributed by atoms with Gasteiger partial charge in [-0.2, -0.15) is 0 Å². The van der Waals surface area contributed by atoms with E-state index in [9.17, 15) is 0 Å². The molecule has 1 N–H and O–H groups in total. The maximum Gasteiger partial charge on any atom is 0.0190 e. The van der Waals surface area contributed by atoms with Gasteiger partial charge in [-0.1, -0.05) is 39.0 Å². The van der Waals surface area contributed by atoms with Crippen LogP contribution < -0.4 is 5.32 Å². The van der Waals surface area contributed by atoms with E-state index in [4.69, 9.17) is 0 Å². The van der Waals surface area contributed by atoms with Crippen molar-refractivity contribution in [1.29, 1.82) is 0 Å². The average Bonchev–Trinajstić information content (AvgIpc) is 2.43. The first-order chi connectivity index (χ1) is 9.69. The predicted octanol–water partition coefficient (Wildman–Crippen LogP) is 4.83. The van der Waals surface area contributed by atoms with Crippen LogP contribution in [0.15, 0.2) is 35.2 Å². The van der Waals surface area contributed by atoms with E-state index in [0.29, 0.717) is 6.04 Å². The number of hydrogen-bond donors (Lipinski definition) is 1. The summed E-state index contributed by atoms with van der Waals surface area (Å²) in [4.78, 5) is 1.40. The molecular formula is C18H29NS. The van der Waals surface area contributed by atoms with Crippen LogP contribution in [0, 0.1) is 17.8 Å². The zero-order valence-corrected chi connectivity index (χ0v) is 14.0. The molecule has 1 saturated carbocycles. The van der Waals surface area contributed by atoms with Crippen molar-refractivity contribution in [3.05, 3.63) is 30.3 Å². The highest BCUT2D eigenvalue weighted by molar-refractivity contribution is 7.99. The van der Waals surface area contributed by atoms with Gasteiger partial charge in [-0.05, 0) is 55.7 Å². The molecule has 0 aromatic heterocycles. The van der Waals surface area contributed by atoms with Crippen LogP contribution in [-0.2, 0) is 0 Å². The number of rotatable bonds is 6. The van der Waals surface area contributed by atoms with Crippen molar-refractivity contribution in [3.63, 3.8) is 0 Å². The van der Waals surface area contributed by atoms with Crippen molar-refractivity contribution in [2.75, 3.05) is 12.3 Å². The minimum atomic E-state index is 0.662. The van der Waals surface area contributed by atoms with Gasteiger partial charge in [0, 0.05) is 16.7 Å². The Morgan fingerprint density at radius 1 is 1.10 bits per heavy atom. The van der Waals surface area contributed by atoms with Gasteiger partial charge in [0.05, 0.1) is 0 Å². The lowest BCUT2D eigenvalue weighted by Crippen LogP contribution is -2.41. The monoisotopic (exact) mass is 291 g/mol. The first-order valence-electron chi connectivity index (χ1n) is 8.10. The van der Waals surface area contributed by atoms with E-state index >= 15 is 0 Å². The minimum Gasteiger partial charge on any atom is -0.313 e. The van der Waals surface area contributed by atoms with Gasteiger partial charge in [0.25, 0.3) is 0 Å². The van der Waals surface area contributed by atoms with Crippen molar-refractivity contribution in [2.24, 2.45) is 17.8 Å². The van der Waals surface area contributed by atoms with Crippen LogP contribution in [0.4, 0.5) is 0 Å². The Morgan fingerprint density at radius 3 is 2.35 bits per heavy atom. The summed E-state index contributed by atoms with van der Waals surface area (Å²) in [5.74, 6) is 3.84. The Hall–Kier alpha value is -0.470. The van der Waals surface area contributed by atoms with Gasteiger partial charge >= 0.3 is 0 Å². The summed E-state index contributed by atoms with van der Waals surface area (Å²) in [7, 11) is 0. The molecule has 1 aromatic carbocycles. The molecule has 0 amide bonds. The third-order valence-electron chi connectivity index (χ3n) is 4.42. The van der Waals surface area contributed by atoms with E-state index in [-0.39, 0.29) is 0 Å². The van der Waals surface area contributed by atoms with Crippen LogP contribution in [-0.4, -0.2) is 18.3 Å². The van der Waals surface area contributed by atoms with Gasteiger partial charge in [-0.3, -0.25) is 0 Å². The van der Waals surface area contributed by atoms with Crippen LogP contribution in [0.3, 0.4) is 0 Å². The number of thioether (sulfide) groups is 1. The molecule has 1 nitrogen and oxygen atoms in total. The second-order valence-electron chi connectivity index (χ2n) is 6.47. The fourth-order valence-corrected chi connectivity index (χ4v) is 4.78. The molecule has 1 aliphatic carbocycles. The van der Waals surface area contributed by atoms with Gasteiger partial charge in [-0.15, -0.1) is 11.8 Å². The highest BCUT2D eigenvalue weighted by atomic mass is 32.2. The largest absolute Gasteiger partial charge is 0.313 e. The highest BCUT2D eigenvalue weighted by Gasteiger charge is 2.29. The van der Waals surface area contributed by atoms with Crippen LogP contribution in [0.1, 0.15) is 40.0 Å². The summed E-state index contributed by atoms with van der Waals surface area (Å²) in [6.07, 6.45) is 4.22. The van der Waals surface area contributed by atoms with Gasteiger partial charge < -0.3 is 5.32 Å². The predicted molar refractivity (Wildman–Crippen MR) is 90.3 cm³/mol. The topological polar surface area (TPSA) is 12.0 Å². The quantitative estimate of drug-likeness (QED) is 0.753. The fourth-order valence-electron chi connectivity index (χ4n) is 3.66. The van der Waals surface area contributed by atoms with E-state index in [1.807, 2.05) is 11.8 Å². The van der Waals surface area contributed by atoms with E-state index in [1.54, 1.807) is 0 Å². The van der Waals surface area contributed by atoms with Gasteiger partial charge in [-0.25, -0.2) is 0 Å². The molecule has 0 heterocycles. The summed E-state index contributed by atoms with van der Waals surface area (Å²) >= 11 is 2.00. The molecule has 3 unspecified atom stereocenters. The van der Waals surface area contributed by atoms with E-state index in [1.165, 1.54) is 29.9 Å². The van der Waals surface area contributed by atoms with Crippen LogP contribution in [0.25, 0.3) is 0 Å². The zero-order valence-electron chi connectivity index (χ0n) is 13.1. The van der Waals surface area contributed by atoms with Gasteiger partial charge in [0.2, 0.25) is 0 Å². The highest BCUT2D eigenvalue weighted by Crippen LogP contribution is 2.36. The number of benzene rings is 1. The zero-order chi connectivity index (χ0) is 14.4. The second-order valence-corrected chi connectivity index (χ2v) is 7.56. The molecule has 112 valence electrons. The smallest absolute Gasteiger partial charge is 0.0190 e. The molecular weight excluding hydrogens is 262 g/mol. The second kappa shape index (κ2) is 8.09. The number of hydrogen-bond acceptors (Lipinski definition) is 2. The normalized spacial score (nSPS) is 28.2. The Bertz CT molecular complexity index is 368. The third-order valence-corrected chi connectivity index (χ3v) is 5.55. The molecule has 1 fully saturated rings. The Balaban J connectivity index is 1.92. The molecule has 0 bridgehead atoms. The van der Waals surface area contributed by atoms with Crippen molar-refractivity contribution < 1.29 is 0 Å². The summed E-state index contributed by atoms with van der Waals surface area (Å²) < 4.78 is 0. The van der Waals surface area contributed by atoms with Crippen molar-refractivity contribution in [2.45, 2.75) is 51.0 Å². The standard InChI is InChI=1S/C18H29NS/c1-4-19-18(13-20-17-8-6-5-7-9-17)16-11-14(2)10-15(3)12-16/h5-9,14-16,18-19H,4,10-13H2,1-3H3. The molecule has 2 heteroatoms. The minimum absolute atomic E-state index is 0.662. The van der Waals surface area contributed by atoms with Crippen molar-refractivity contribution in [3.8, 4) is 0 Å². The summed E-state index contributed by atoms with van der Waals surface area (Å²) in [6.45, 7) is 8.17. The summed E-state index contributed by atoms with van der Waals surface area (Å²) in [5.41, 5.74) is 0. The van der Waals surface area contributed by atoms with Gasteiger partial charge in [0.15, 0.2) is 0 Å². The third kappa shape index (κ3) is 4.82. The molecule has 1 aromatic rings. The maximum atomic E-state index is 3.74. The molecule has 1 aliphatic rings. The average molecular weight is 292 g/mol. The lowest BCUT2D eigenvalue weighted by atomic mass is 9.74. The van der Waals surface area contributed by atoms with Crippen molar-refractivity contribution >= 4 is 11.8 Å². The Labute approximate surface area is 128 Å². The SMILES string of the molecule is CCNC(CSc1ccccc1)C1CC(C)CC(C)C1. The van der Waals surface area contributed by atoms with Crippen LogP contribution >= 0.6 is 11.8 Å². The lowest BCUT2D eigenvalue weighted by molar-refractivity contribution is 0.185. The van der Waals surface area contributed by atoms with Crippen LogP contribution in [0.5, 0.6) is 0 Å². The summed E-state index contributed by atoms with van der Waals surface area (Å²) in [5, 5.41) is 3.74. The Morgan fingerprint density at radius 2 is 1.75 bits per heavy atom. The molecule has 3 atom stereocenters. The Kier molecular flexibility index (Phi) is 6.44. The first-order valence-corrected chi connectivity index (χ1v) is 9.08. The van der Waals surface area contributed by atoms with E-state index < -0.39 is 0 Å². The number of nitrogens with one attached hydrogen (secondary N) is 1. The molecule has 0 saturated heterocycles. The lowest BCUT2D eigenvalue weighted by Gasteiger charge is -2.36. The van der Waals surface area contributed by atoms with Crippen molar-refractivity contribution in [1.82, 2.24) is 5.32 Å². The fraction of sp³-hybridized carbons (Fsp3) is 0.667. The molecule has 20 heavy (non-hydrogen) atoms. The maximum absolute atomic E-state index is 3.74. The van der Waals surface area contributed by atoms with Crippen LogP contribution in [0.2, 0.25) is 0 Å². The molecule has 0 spiro atoms. The van der Waals surface area contributed by atoms with E-state index in [2.05, 4.69) is 56.4 Å². The van der Waals surface area contributed by atoms with E-state index in [0.717, 1.165) is 24.3 Å². The molecule has 2 rings (SSSR count). The molecule has 0 radical (unpaired) electrons.